The first kappa shape index (κ1) is 23.0. The summed E-state index contributed by atoms with van der Waals surface area (Å²) in [5, 5.41) is 25.3. The summed E-state index contributed by atoms with van der Waals surface area (Å²) in [5.74, 6) is 0.0823. The summed E-state index contributed by atoms with van der Waals surface area (Å²) in [6, 6.07) is 7.05. The molecule has 2 heterocycles. The number of nitro groups is 1. The Bertz CT molecular complexity index is 1130. The van der Waals surface area contributed by atoms with Crippen molar-refractivity contribution in [3.63, 3.8) is 0 Å². The number of anilines is 1. The van der Waals surface area contributed by atoms with Crippen LogP contribution in [0.1, 0.15) is 41.8 Å². The Morgan fingerprint density at radius 2 is 2.09 bits per heavy atom. The zero-order chi connectivity index (χ0) is 23.3. The van der Waals surface area contributed by atoms with Crippen molar-refractivity contribution in [3.8, 4) is 0 Å². The highest BCUT2D eigenvalue weighted by Gasteiger charge is 2.21. The minimum Gasteiger partial charge on any atom is -0.459 e. The first-order valence-corrected chi connectivity index (χ1v) is 10.7. The molecule has 1 aromatic carbocycles. The third-order valence-corrected chi connectivity index (χ3v) is 5.55. The second kappa shape index (κ2) is 10.1. The first-order valence-electron chi connectivity index (χ1n) is 9.75. The fraction of sp³-hybridized carbons (Fsp3) is 0.300. The van der Waals surface area contributed by atoms with Crippen LogP contribution < -0.4 is 10.6 Å². The fourth-order valence-corrected chi connectivity index (χ4v) is 3.75. The van der Waals surface area contributed by atoms with Gasteiger partial charge in [-0.1, -0.05) is 17.8 Å². The molecule has 0 spiro atoms. The molecule has 32 heavy (non-hydrogen) atoms. The molecule has 0 fully saturated rings. The topological polar surface area (TPSA) is 145 Å². The Kier molecular flexibility index (Phi) is 7.25. The van der Waals surface area contributed by atoms with Gasteiger partial charge < -0.3 is 19.6 Å². The number of amides is 2. The van der Waals surface area contributed by atoms with E-state index >= 15 is 0 Å². The first-order chi connectivity index (χ1) is 15.3. The number of carbonyl (C=O) groups is 2. The Hall–Kier alpha value is -3.67. The summed E-state index contributed by atoms with van der Waals surface area (Å²) in [7, 11) is 0. The predicted octanol–water partition coefficient (Wildman–Crippen LogP) is 3.33. The highest BCUT2D eigenvalue weighted by molar-refractivity contribution is 7.99. The number of nitrogens with one attached hydrogen (secondary N) is 2. The van der Waals surface area contributed by atoms with Gasteiger partial charge in [-0.2, -0.15) is 0 Å². The number of hydrogen-bond acceptors (Lipinski definition) is 8. The molecule has 0 saturated carbocycles. The van der Waals surface area contributed by atoms with Crippen molar-refractivity contribution in [1.29, 1.82) is 0 Å². The Balaban J connectivity index is 1.64. The maximum absolute atomic E-state index is 12.4. The van der Waals surface area contributed by atoms with E-state index in [0.29, 0.717) is 28.8 Å². The van der Waals surface area contributed by atoms with Gasteiger partial charge in [0, 0.05) is 18.7 Å². The molecule has 0 unspecified atom stereocenters. The molecular weight excluding hydrogens is 436 g/mol. The average Bonchev–Trinajstić information content (AvgIpc) is 3.43. The number of carbonyl (C=O) groups excluding carboxylic acids is 2. The standard InChI is InChI=1S/C20H22N6O5S/c1-4-25-18(13(3)21-19(28)16-6-5-9-31-16)23-24-20(25)32-11-17(27)22-15-10-14(26(29)30)8-7-12(15)2/h5-10,13H,4,11H2,1-3H3,(H,21,28)(H,22,27)/t13-/m1/s1. The van der Waals surface area contributed by atoms with Gasteiger partial charge in [-0.05, 0) is 38.5 Å². The van der Waals surface area contributed by atoms with Gasteiger partial charge in [-0.15, -0.1) is 10.2 Å². The SMILES string of the molecule is CCn1c(SCC(=O)Nc2cc([N+](=O)[O-])ccc2C)nnc1[C@@H](C)NC(=O)c1ccco1. The van der Waals surface area contributed by atoms with Gasteiger partial charge in [-0.3, -0.25) is 19.7 Å². The van der Waals surface area contributed by atoms with Crippen LogP contribution in [0, 0.1) is 17.0 Å². The molecule has 0 aliphatic rings. The zero-order valence-electron chi connectivity index (χ0n) is 17.7. The molecule has 3 aromatic rings. The number of furan rings is 1. The summed E-state index contributed by atoms with van der Waals surface area (Å²) in [5.41, 5.74) is 1.00. The van der Waals surface area contributed by atoms with Crippen LogP contribution in [0.4, 0.5) is 11.4 Å². The van der Waals surface area contributed by atoms with Crippen LogP contribution in [0.25, 0.3) is 0 Å². The molecule has 2 amide bonds. The van der Waals surface area contributed by atoms with Crippen LogP contribution in [-0.2, 0) is 11.3 Å². The third kappa shape index (κ3) is 5.32. The fourth-order valence-electron chi connectivity index (χ4n) is 2.94. The summed E-state index contributed by atoms with van der Waals surface area (Å²) < 4.78 is 6.90. The van der Waals surface area contributed by atoms with Crippen LogP contribution in [0.2, 0.25) is 0 Å². The summed E-state index contributed by atoms with van der Waals surface area (Å²) >= 11 is 1.18. The molecule has 1 atom stereocenters. The molecule has 168 valence electrons. The number of thioether (sulfide) groups is 1. The number of aromatic nitrogens is 3. The number of rotatable bonds is 9. The molecule has 0 saturated heterocycles. The van der Waals surface area contributed by atoms with Crippen molar-refractivity contribution in [2.24, 2.45) is 0 Å². The van der Waals surface area contributed by atoms with Gasteiger partial charge in [0.1, 0.15) is 0 Å². The van der Waals surface area contributed by atoms with Crippen molar-refractivity contribution in [2.45, 2.75) is 38.5 Å². The van der Waals surface area contributed by atoms with Crippen molar-refractivity contribution in [2.75, 3.05) is 11.1 Å². The lowest BCUT2D eigenvalue weighted by Crippen LogP contribution is -2.28. The van der Waals surface area contributed by atoms with E-state index in [4.69, 9.17) is 4.42 Å². The van der Waals surface area contributed by atoms with E-state index in [1.54, 1.807) is 32.0 Å². The summed E-state index contributed by atoms with van der Waals surface area (Å²) in [6.07, 6.45) is 1.42. The molecule has 2 N–H and O–H groups in total. The number of hydrogen-bond donors (Lipinski definition) is 2. The number of benzene rings is 1. The minimum absolute atomic E-state index is 0.0351. The van der Waals surface area contributed by atoms with Crippen molar-refractivity contribution in [1.82, 2.24) is 20.1 Å². The molecular formula is C20H22N6O5S. The second-order valence-electron chi connectivity index (χ2n) is 6.85. The van der Waals surface area contributed by atoms with Gasteiger partial charge in [0.2, 0.25) is 5.91 Å². The molecule has 3 rings (SSSR count). The van der Waals surface area contributed by atoms with Crippen LogP contribution in [0.3, 0.4) is 0 Å². The van der Waals surface area contributed by atoms with Crippen LogP contribution in [0.5, 0.6) is 0 Å². The third-order valence-electron chi connectivity index (χ3n) is 4.58. The van der Waals surface area contributed by atoms with E-state index < -0.39 is 11.0 Å². The number of non-ortho nitro benzene ring substituents is 1. The monoisotopic (exact) mass is 458 g/mol. The van der Waals surface area contributed by atoms with Crippen molar-refractivity contribution >= 4 is 35.0 Å². The maximum Gasteiger partial charge on any atom is 0.287 e. The van der Waals surface area contributed by atoms with E-state index in [1.807, 2.05) is 11.5 Å². The predicted molar refractivity (Wildman–Crippen MR) is 117 cm³/mol. The molecule has 12 heteroatoms. The molecule has 0 aliphatic carbocycles. The van der Waals surface area contributed by atoms with Gasteiger partial charge in [0.15, 0.2) is 16.7 Å². The van der Waals surface area contributed by atoms with Crippen LogP contribution >= 0.6 is 11.8 Å². The normalized spacial score (nSPS) is 11.7. The van der Waals surface area contributed by atoms with Crippen LogP contribution in [-0.4, -0.2) is 37.3 Å². The van der Waals surface area contributed by atoms with Crippen molar-refractivity contribution in [3.05, 3.63) is 63.9 Å². The lowest BCUT2D eigenvalue weighted by molar-refractivity contribution is -0.384. The Morgan fingerprint density at radius 1 is 1.31 bits per heavy atom. The second-order valence-corrected chi connectivity index (χ2v) is 7.79. The smallest absolute Gasteiger partial charge is 0.287 e. The Morgan fingerprint density at radius 3 is 2.75 bits per heavy atom. The number of nitro benzene ring substituents is 1. The summed E-state index contributed by atoms with van der Waals surface area (Å²) in [4.78, 5) is 35.1. The lowest BCUT2D eigenvalue weighted by atomic mass is 10.2. The van der Waals surface area contributed by atoms with E-state index in [2.05, 4.69) is 20.8 Å². The molecule has 0 aliphatic heterocycles. The van der Waals surface area contributed by atoms with E-state index in [0.717, 1.165) is 0 Å². The number of aryl methyl sites for hydroxylation is 1. The molecule has 11 nitrogen and oxygen atoms in total. The van der Waals surface area contributed by atoms with E-state index in [9.17, 15) is 19.7 Å². The zero-order valence-corrected chi connectivity index (χ0v) is 18.5. The number of nitrogens with zero attached hydrogens (tertiary/aromatic N) is 4. The van der Waals surface area contributed by atoms with Gasteiger partial charge in [-0.25, -0.2) is 0 Å². The molecule has 0 radical (unpaired) electrons. The van der Waals surface area contributed by atoms with Crippen LogP contribution in [0.15, 0.2) is 46.2 Å². The van der Waals surface area contributed by atoms with E-state index in [1.165, 1.54) is 30.2 Å². The summed E-state index contributed by atoms with van der Waals surface area (Å²) in [6.45, 7) is 5.98. The van der Waals surface area contributed by atoms with Gasteiger partial charge in [0.25, 0.3) is 11.6 Å². The molecule has 2 aromatic heterocycles. The maximum atomic E-state index is 12.4. The quantitative estimate of drug-likeness (QED) is 0.282. The van der Waals surface area contributed by atoms with Gasteiger partial charge in [0.05, 0.1) is 28.7 Å². The Labute approximate surface area is 187 Å². The van der Waals surface area contributed by atoms with E-state index in [-0.39, 0.29) is 29.0 Å². The largest absolute Gasteiger partial charge is 0.459 e. The lowest BCUT2D eigenvalue weighted by Gasteiger charge is -2.14. The van der Waals surface area contributed by atoms with Crippen molar-refractivity contribution < 1.29 is 18.9 Å². The average molecular weight is 459 g/mol. The molecule has 0 bridgehead atoms. The minimum atomic E-state index is -0.513. The van der Waals surface area contributed by atoms with Gasteiger partial charge >= 0.3 is 0 Å². The highest BCUT2D eigenvalue weighted by Crippen LogP contribution is 2.24. The highest BCUT2D eigenvalue weighted by atomic mass is 32.2.